The molecule has 0 aromatic rings. The van der Waals surface area contributed by atoms with Crippen molar-refractivity contribution in [3.05, 3.63) is 0 Å². The van der Waals surface area contributed by atoms with Crippen molar-refractivity contribution in [2.24, 2.45) is 5.41 Å². The summed E-state index contributed by atoms with van der Waals surface area (Å²) in [5, 5.41) is 9.17. The molecule has 0 bridgehead atoms. The van der Waals surface area contributed by atoms with Crippen LogP contribution in [0, 0.1) is 5.41 Å². The van der Waals surface area contributed by atoms with Crippen LogP contribution < -0.4 is 0 Å². The fourth-order valence-corrected chi connectivity index (χ4v) is 3.73. The predicted molar refractivity (Wildman–Crippen MR) is 106 cm³/mol. The monoisotopic (exact) mass is 384 g/mol. The zero-order valence-electron chi connectivity index (χ0n) is 17.3. The average Bonchev–Trinajstić information content (AvgIpc) is 2.99. The van der Waals surface area contributed by atoms with Crippen molar-refractivity contribution < 1.29 is 24.2 Å². The number of carbonyl (C=O) groups excluding carboxylic acids is 2. The lowest BCUT2D eigenvalue weighted by molar-refractivity contribution is -0.147. The van der Waals surface area contributed by atoms with Crippen LogP contribution in [0.3, 0.4) is 0 Å². The summed E-state index contributed by atoms with van der Waals surface area (Å²) in [6, 6.07) is 0. The van der Waals surface area contributed by atoms with Gasteiger partial charge in [0.25, 0.3) is 0 Å². The second-order valence-electron chi connectivity index (χ2n) is 8.10. The van der Waals surface area contributed by atoms with Crippen LogP contribution in [-0.4, -0.2) is 36.9 Å². The van der Waals surface area contributed by atoms with Crippen molar-refractivity contribution in [1.29, 1.82) is 0 Å². The number of cyclic esters (lactones) is 1. The molecule has 0 aromatic carbocycles. The molecule has 0 spiro atoms. The van der Waals surface area contributed by atoms with Gasteiger partial charge < -0.3 is 14.6 Å². The van der Waals surface area contributed by atoms with Crippen molar-refractivity contribution in [2.45, 2.75) is 103 Å². The quantitative estimate of drug-likeness (QED) is 0.284. The molecule has 158 valence electrons. The molecule has 5 nitrogen and oxygen atoms in total. The van der Waals surface area contributed by atoms with Gasteiger partial charge in [0.1, 0.15) is 0 Å². The van der Waals surface area contributed by atoms with Crippen LogP contribution in [0.25, 0.3) is 0 Å². The van der Waals surface area contributed by atoms with Gasteiger partial charge in [-0.25, -0.2) is 0 Å². The van der Waals surface area contributed by atoms with Gasteiger partial charge in [0.15, 0.2) is 0 Å². The Bertz CT molecular complexity index is 410. The van der Waals surface area contributed by atoms with Crippen molar-refractivity contribution >= 4 is 11.9 Å². The van der Waals surface area contributed by atoms with E-state index >= 15 is 0 Å². The molecule has 27 heavy (non-hydrogen) atoms. The van der Waals surface area contributed by atoms with Gasteiger partial charge >= 0.3 is 11.9 Å². The largest absolute Gasteiger partial charge is 0.466 e. The van der Waals surface area contributed by atoms with Crippen LogP contribution in [0.15, 0.2) is 0 Å². The minimum absolute atomic E-state index is 0.0529. The van der Waals surface area contributed by atoms with Gasteiger partial charge in [-0.2, -0.15) is 0 Å². The number of aliphatic hydroxyl groups is 1. The Morgan fingerprint density at radius 2 is 1.56 bits per heavy atom. The summed E-state index contributed by atoms with van der Waals surface area (Å²) in [7, 11) is 0. The fourth-order valence-electron chi connectivity index (χ4n) is 3.73. The molecule has 0 aliphatic carbocycles. The first-order valence-corrected chi connectivity index (χ1v) is 11.0. The first-order chi connectivity index (χ1) is 13.1. The van der Waals surface area contributed by atoms with Gasteiger partial charge in [0.2, 0.25) is 0 Å². The van der Waals surface area contributed by atoms with Crippen LogP contribution in [0.4, 0.5) is 0 Å². The van der Waals surface area contributed by atoms with Crippen LogP contribution in [0.2, 0.25) is 0 Å². The molecule has 0 saturated carbocycles. The third-order valence-electron chi connectivity index (χ3n) is 5.48. The normalized spacial score (nSPS) is 19.3. The Hall–Kier alpha value is -1.10. The number of carbonyl (C=O) groups is 2. The summed E-state index contributed by atoms with van der Waals surface area (Å²) in [5.41, 5.74) is -0.570. The second-order valence-corrected chi connectivity index (χ2v) is 8.10. The highest BCUT2D eigenvalue weighted by atomic mass is 16.5. The Balaban J connectivity index is 1.94. The lowest BCUT2D eigenvalue weighted by atomic mass is 9.80. The standard InChI is InChI=1S/C22H40O5/c1-2-3-4-5-6-7-8-9-10-11-12-13-16-26-20(24)17-22(14-15-23)18-21(25)27-19-22/h23H,2-19H2,1H3/t22-/m1/s1. The van der Waals surface area contributed by atoms with Gasteiger partial charge in [-0.1, -0.05) is 77.6 Å². The van der Waals surface area contributed by atoms with Gasteiger partial charge in [-0.15, -0.1) is 0 Å². The molecule has 0 radical (unpaired) electrons. The molecular formula is C22H40O5. The molecule has 0 unspecified atom stereocenters. The smallest absolute Gasteiger partial charge is 0.306 e. The Kier molecular flexibility index (Phi) is 13.2. The molecule has 1 saturated heterocycles. The highest BCUT2D eigenvalue weighted by molar-refractivity contribution is 5.76. The second kappa shape index (κ2) is 14.9. The predicted octanol–water partition coefficient (Wildman–Crippen LogP) is 4.94. The maximum Gasteiger partial charge on any atom is 0.306 e. The van der Waals surface area contributed by atoms with Gasteiger partial charge in [0.05, 0.1) is 26.1 Å². The minimum Gasteiger partial charge on any atom is -0.466 e. The van der Waals surface area contributed by atoms with E-state index in [0.717, 1.165) is 12.8 Å². The number of hydrogen-bond acceptors (Lipinski definition) is 5. The van der Waals surface area contributed by atoms with Crippen LogP contribution in [0.1, 0.15) is 103 Å². The topological polar surface area (TPSA) is 72.8 Å². The highest BCUT2D eigenvalue weighted by Gasteiger charge is 2.42. The number of ether oxygens (including phenoxy) is 2. The molecule has 1 aliphatic heterocycles. The molecule has 1 rings (SSSR count). The van der Waals surface area contributed by atoms with E-state index in [1.807, 2.05) is 0 Å². The molecular weight excluding hydrogens is 344 g/mol. The molecule has 0 amide bonds. The maximum atomic E-state index is 12.0. The van der Waals surface area contributed by atoms with Gasteiger partial charge in [-0.3, -0.25) is 9.59 Å². The number of unbranched alkanes of at least 4 members (excludes halogenated alkanes) is 11. The first kappa shape index (κ1) is 23.9. The van der Waals surface area contributed by atoms with Crippen molar-refractivity contribution in [3.63, 3.8) is 0 Å². The van der Waals surface area contributed by atoms with Crippen LogP contribution in [-0.2, 0) is 19.1 Å². The fraction of sp³-hybridized carbons (Fsp3) is 0.909. The van der Waals surface area contributed by atoms with E-state index in [-0.39, 0.29) is 38.0 Å². The zero-order chi connectivity index (χ0) is 19.8. The molecule has 5 heteroatoms. The summed E-state index contributed by atoms with van der Waals surface area (Å²) in [4.78, 5) is 23.4. The first-order valence-electron chi connectivity index (χ1n) is 11.0. The third kappa shape index (κ3) is 11.4. The SMILES string of the molecule is CCCCCCCCCCCCCCOC(=O)C[C@@]1(CCO)COC(=O)C1. The van der Waals surface area contributed by atoms with Crippen molar-refractivity contribution in [2.75, 3.05) is 19.8 Å². The van der Waals surface area contributed by atoms with E-state index in [9.17, 15) is 14.7 Å². The van der Waals surface area contributed by atoms with Crippen LogP contribution >= 0.6 is 0 Å². The summed E-state index contributed by atoms with van der Waals surface area (Å²) in [5.74, 6) is -0.581. The van der Waals surface area contributed by atoms with E-state index < -0.39 is 5.41 Å². The Morgan fingerprint density at radius 3 is 2.04 bits per heavy atom. The summed E-state index contributed by atoms with van der Waals surface area (Å²) < 4.78 is 10.3. The van der Waals surface area contributed by atoms with Crippen LogP contribution in [0.5, 0.6) is 0 Å². The molecule has 1 N–H and O–H groups in total. The Labute approximate surface area is 165 Å². The summed E-state index contributed by atoms with van der Waals surface area (Å²) in [6.07, 6.45) is 16.0. The van der Waals surface area contributed by atoms with Gasteiger partial charge in [-0.05, 0) is 12.8 Å². The highest BCUT2D eigenvalue weighted by Crippen LogP contribution is 2.36. The van der Waals surface area contributed by atoms with E-state index in [0.29, 0.717) is 13.0 Å². The number of esters is 2. The maximum absolute atomic E-state index is 12.0. The average molecular weight is 385 g/mol. The molecule has 1 heterocycles. The van der Waals surface area contributed by atoms with E-state index in [4.69, 9.17) is 9.47 Å². The lowest BCUT2D eigenvalue weighted by Crippen LogP contribution is -2.27. The molecule has 1 atom stereocenters. The molecule has 0 aromatic heterocycles. The van der Waals surface area contributed by atoms with E-state index in [2.05, 4.69) is 6.92 Å². The zero-order valence-corrected chi connectivity index (χ0v) is 17.3. The lowest BCUT2D eigenvalue weighted by Gasteiger charge is -2.23. The van der Waals surface area contributed by atoms with Gasteiger partial charge in [0, 0.05) is 12.0 Å². The van der Waals surface area contributed by atoms with Crippen molar-refractivity contribution in [3.8, 4) is 0 Å². The Morgan fingerprint density at radius 1 is 1.00 bits per heavy atom. The summed E-state index contributed by atoms with van der Waals surface area (Å²) in [6.45, 7) is 2.85. The molecule has 1 fully saturated rings. The summed E-state index contributed by atoms with van der Waals surface area (Å²) >= 11 is 0. The number of rotatable bonds is 17. The van der Waals surface area contributed by atoms with E-state index in [1.165, 1.54) is 64.2 Å². The third-order valence-corrected chi connectivity index (χ3v) is 5.48. The minimum atomic E-state index is -0.570. The van der Waals surface area contributed by atoms with E-state index in [1.54, 1.807) is 0 Å². The number of aliphatic hydroxyl groups excluding tert-OH is 1. The molecule has 1 aliphatic rings. The van der Waals surface area contributed by atoms with Crippen molar-refractivity contribution in [1.82, 2.24) is 0 Å². The number of hydrogen-bond donors (Lipinski definition) is 1.